The van der Waals surface area contributed by atoms with Crippen LogP contribution in [0.25, 0.3) is 11.6 Å². The van der Waals surface area contributed by atoms with Gasteiger partial charge in [-0.2, -0.15) is 0 Å². The number of rotatable bonds is 3. The van der Waals surface area contributed by atoms with E-state index in [4.69, 9.17) is 19.9 Å². The van der Waals surface area contributed by atoms with Crippen molar-refractivity contribution in [3.05, 3.63) is 52.0 Å². The lowest BCUT2D eigenvalue weighted by atomic mass is 10.0. The molecule has 0 atom stereocenters. The minimum atomic E-state index is -0.465. The number of carbonyl (C=O) groups is 1. The Morgan fingerprint density at radius 3 is 2.65 bits per heavy atom. The minimum absolute atomic E-state index is 0.161. The Hall–Kier alpha value is -2.47. The predicted octanol–water partition coefficient (Wildman–Crippen LogP) is 3.47. The van der Waals surface area contributed by atoms with Crippen LogP contribution in [-0.2, 0) is 9.53 Å². The van der Waals surface area contributed by atoms with Gasteiger partial charge in [0.15, 0.2) is 11.5 Å². The molecule has 1 aliphatic heterocycles. The molecule has 5 nitrogen and oxygen atoms in total. The summed E-state index contributed by atoms with van der Waals surface area (Å²) in [5, 5.41) is 0. The maximum Gasteiger partial charge on any atom is 0.338 e. The molecule has 0 saturated carbocycles. The Kier molecular flexibility index (Phi) is 4.25. The van der Waals surface area contributed by atoms with E-state index in [9.17, 15) is 4.79 Å². The molecule has 0 unspecified atom stereocenters. The molecule has 2 aromatic carbocycles. The number of halogens is 1. The highest BCUT2D eigenvalue weighted by Gasteiger charge is 2.22. The van der Waals surface area contributed by atoms with Crippen LogP contribution in [0.5, 0.6) is 11.5 Å². The molecule has 0 amide bonds. The first kappa shape index (κ1) is 15.4. The molecular formula is C17H14BrNO4. The predicted molar refractivity (Wildman–Crippen MR) is 91.0 cm³/mol. The van der Waals surface area contributed by atoms with Gasteiger partial charge < -0.3 is 19.9 Å². The van der Waals surface area contributed by atoms with Gasteiger partial charge in [-0.1, -0.05) is 34.1 Å². The van der Waals surface area contributed by atoms with Gasteiger partial charge >= 0.3 is 5.97 Å². The molecule has 0 fully saturated rings. The van der Waals surface area contributed by atoms with E-state index in [1.165, 1.54) is 7.11 Å². The van der Waals surface area contributed by atoms with Crippen LogP contribution in [0.1, 0.15) is 11.1 Å². The fourth-order valence-electron chi connectivity index (χ4n) is 2.28. The van der Waals surface area contributed by atoms with E-state index in [-0.39, 0.29) is 6.79 Å². The lowest BCUT2D eigenvalue weighted by molar-refractivity contribution is -0.133. The standard InChI is InChI=1S/C17H14BrNO4/c1-21-17(20)12(6-10-4-2-3-5-14(10)19)11-7-15-16(8-13(11)18)23-9-22-15/h2-8H,9,19H2,1H3/b12-6+. The Labute approximate surface area is 141 Å². The Morgan fingerprint density at radius 1 is 1.26 bits per heavy atom. The van der Waals surface area contributed by atoms with E-state index in [1.807, 2.05) is 18.2 Å². The fraction of sp³-hybridized carbons (Fsp3) is 0.118. The molecule has 0 bridgehead atoms. The average molecular weight is 376 g/mol. The quantitative estimate of drug-likeness (QED) is 0.385. The first-order valence-electron chi connectivity index (χ1n) is 6.84. The lowest BCUT2D eigenvalue weighted by Crippen LogP contribution is -2.05. The molecule has 0 aromatic heterocycles. The van der Waals surface area contributed by atoms with Crippen molar-refractivity contribution in [2.75, 3.05) is 19.6 Å². The van der Waals surface area contributed by atoms with Crippen molar-refractivity contribution >= 4 is 39.2 Å². The highest BCUT2D eigenvalue weighted by Crippen LogP contribution is 2.40. The number of nitrogen functional groups attached to an aromatic ring is 1. The number of ether oxygens (including phenoxy) is 3. The van der Waals surface area contributed by atoms with E-state index >= 15 is 0 Å². The van der Waals surface area contributed by atoms with E-state index in [2.05, 4.69) is 15.9 Å². The maximum absolute atomic E-state index is 12.3. The number of fused-ring (bicyclic) bond motifs is 1. The van der Waals surface area contributed by atoms with Crippen LogP contribution in [0.4, 0.5) is 5.69 Å². The smallest absolute Gasteiger partial charge is 0.338 e. The van der Waals surface area contributed by atoms with Crippen LogP contribution < -0.4 is 15.2 Å². The highest BCUT2D eigenvalue weighted by atomic mass is 79.9. The Morgan fingerprint density at radius 2 is 1.96 bits per heavy atom. The van der Waals surface area contributed by atoms with Gasteiger partial charge in [0.05, 0.1) is 12.7 Å². The van der Waals surface area contributed by atoms with Crippen LogP contribution in [0.3, 0.4) is 0 Å². The van der Waals surface area contributed by atoms with Crippen molar-refractivity contribution in [3.63, 3.8) is 0 Å². The summed E-state index contributed by atoms with van der Waals surface area (Å²) < 4.78 is 16.3. The van der Waals surface area contributed by atoms with E-state index in [0.717, 1.165) is 5.56 Å². The van der Waals surface area contributed by atoms with Gasteiger partial charge in [0.1, 0.15) is 0 Å². The lowest BCUT2D eigenvalue weighted by Gasteiger charge is -2.10. The van der Waals surface area contributed by atoms with Gasteiger partial charge in [0, 0.05) is 15.7 Å². The van der Waals surface area contributed by atoms with Gasteiger partial charge in [-0.3, -0.25) is 0 Å². The molecule has 0 aliphatic carbocycles. The van der Waals surface area contributed by atoms with E-state index in [0.29, 0.717) is 32.8 Å². The van der Waals surface area contributed by atoms with Gasteiger partial charge in [0.2, 0.25) is 6.79 Å². The van der Waals surface area contributed by atoms with Crippen molar-refractivity contribution in [1.29, 1.82) is 0 Å². The number of nitrogens with two attached hydrogens (primary N) is 1. The second-order valence-corrected chi connectivity index (χ2v) is 5.72. The number of benzene rings is 2. The molecule has 1 aliphatic rings. The van der Waals surface area contributed by atoms with E-state index < -0.39 is 5.97 Å². The average Bonchev–Trinajstić information content (AvgIpc) is 3.00. The zero-order valence-electron chi connectivity index (χ0n) is 12.3. The number of carbonyl (C=O) groups excluding carboxylic acids is 1. The van der Waals surface area contributed by atoms with Crippen LogP contribution in [0, 0.1) is 0 Å². The van der Waals surface area contributed by atoms with Gasteiger partial charge in [0.25, 0.3) is 0 Å². The topological polar surface area (TPSA) is 70.8 Å². The summed E-state index contributed by atoms with van der Waals surface area (Å²) in [4.78, 5) is 12.3. The number of methoxy groups -OCH3 is 1. The summed E-state index contributed by atoms with van der Waals surface area (Å²) in [5.74, 6) is 0.746. The zero-order chi connectivity index (χ0) is 16.4. The molecule has 23 heavy (non-hydrogen) atoms. The summed E-state index contributed by atoms with van der Waals surface area (Å²) in [6.07, 6.45) is 1.70. The second-order valence-electron chi connectivity index (χ2n) is 4.86. The molecule has 2 aromatic rings. The number of hydrogen-bond donors (Lipinski definition) is 1. The van der Waals surface area contributed by atoms with Crippen LogP contribution in [-0.4, -0.2) is 19.9 Å². The third kappa shape index (κ3) is 3.03. The maximum atomic E-state index is 12.3. The monoisotopic (exact) mass is 375 g/mol. The molecule has 1 heterocycles. The van der Waals surface area contributed by atoms with Crippen molar-refractivity contribution in [2.24, 2.45) is 0 Å². The summed E-state index contributed by atoms with van der Waals surface area (Å²) in [6.45, 7) is 0.161. The normalized spacial score (nSPS) is 13.0. The minimum Gasteiger partial charge on any atom is -0.465 e. The fourth-order valence-corrected chi connectivity index (χ4v) is 2.81. The number of anilines is 1. The zero-order valence-corrected chi connectivity index (χ0v) is 13.9. The molecule has 118 valence electrons. The first-order valence-corrected chi connectivity index (χ1v) is 7.63. The molecule has 0 spiro atoms. The molecule has 6 heteroatoms. The Bertz CT molecular complexity index is 801. The molecule has 2 N–H and O–H groups in total. The third-order valence-corrected chi connectivity index (χ3v) is 4.11. The molecule has 3 rings (SSSR count). The number of para-hydroxylation sites is 1. The summed E-state index contributed by atoms with van der Waals surface area (Å²) >= 11 is 3.46. The van der Waals surface area contributed by atoms with Gasteiger partial charge in [-0.15, -0.1) is 0 Å². The molecular weight excluding hydrogens is 362 g/mol. The van der Waals surface area contributed by atoms with Crippen LogP contribution in [0.2, 0.25) is 0 Å². The summed E-state index contributed by atoms with van der Waals surface area (Å²) in [6, 6.07) is 10.8. The van der Waals surface area contributed by atoms with Crippen molar-refractivity contribution < 1.29 is 19.0 Å². The second kappa shape index (κ2) is 6.34. The van der Waals surface area contributed by atoms with Crippen LogP contribution >= 0.6 is 15.9 Å². The van der Waals surface area contributed by atoms with Gasteiger partial charge in [-0.25, -0.2) is 4.79 Å². The Balaban J connectivity index is 2.14. The summed E-state index contributed by atoms with van der Waals surface area (Å²) in [7, 11) is 1.34. The largest absolute Gasteiger partial charge is 0.465 e. The number of hydrogen-bond acceptors (Lipinski definition) is 5. The highest BCUT2D eigenvalue weighted by molar-refractivity contribution is 9.10. The first-order chi connectivity index (χ1) is 11.1. The SMILES string of the molecule is COC(=O)/C(=C/c1ccccc1N)c1cc2c(cc1Br)OCO2. The van der Waals surface area contributed by atoms with Crippen molar-refractivity contribution in [3.8, 4) is 11.5 Å². The number of esters is 1. The van der Waals surface area contributed by atoms with Gasteiger partial charge in [-0.05, 0) is 29.8 Å². The van der Waals surface area contributed by atoms with Crippen LogP contribution in [0.15, 0.2) is 40.9 Å². The molecule has 0 radical (unpaired) electrons. The third-order valence-electron chi connectivity index (χ3n) is 3.45. The van der Waals surface area contributed by atoms with E-state index in [1.54, 1.807) is 24.3 Å². The summed E-state index contributed by atoms with van der Waals surface area (Å²) in [5.41, 5.74) is 8.29. The van der Waals surface area contributed by atoms with Crippen molar-refractivity contribution in [2.45, 2.75) is 0 Å². The molecule has 0 saturated heterocycles. The van der Waals surface area contributed by atoms with Crippen molar-refractivity contribution in [1.82, 2.24) is 0 Å².